The van der Waals surface area contributed by atoms with Gasteiger partial charge in [0.15, 0.2) is 0 Å². The highest BCUT2D eigenvalue weighted by Gasteiger charge is 2.17. The van der Waals surface area contributed by atoms with Gasteiger partial charge in [-0.1, -0.05) is 0 Å². The minimum atomic E-state index is -3.61. The summed E-state index contributed by atoms with van der Waals surface area (Å²) in [6, 6.07) is 0. The average molecular weight is 214 g/mol. The highest BCUT2D eigenvalue weighted by Crippen LogP contribution is 1.99. The van der Waals surface area contributed by atoms with Crippen molar-refractivity contribution in [3.63, 3.8) is 0 Å². The highest BCUT2D eigenvalue weighted by molar-refractivity contribution is 8.12. The van der Waals surface area contributed by atoms with E-state index in [4.69, 9.17) is 10.7 Å². The number of hydrazine groups is 1. The molecule has 1 N–H and O–H groups in total. The summed E-state index contributed by atoms with van der Waals surface area (Å²) in [5.74, 6) is 0. The molecule has 0 bridgehead atoms. The molecule has 0 amide bonds. The SMILES string of the molecule is CN1CCN(NS(=O)(=O)Cl)CC1. The van der Waals surface area contributed by atoms with Crippen LogP contribution in [0.1, 0.15) is 0 Å². The van der Waals surface area contributed by atoms with Crippen molar-refractivity contribution in [3.05, 3.63) is 0 Å². The van der Waals surface area contributed by atoms with Crippen molar-refractivity contribution in [2.45, 2.75) is 0 Å². The summed E-state index contributed by atoms with van der Waals surface area (Å²) in [6.45, 7) is 3.03. The van der Waals surface area contributed by atoms with Crippen molar-refractivity contribution in [1.29, 1.82) is 0 Å². The van der Waals surface area contributed by atoms with Crippen LogP contribution in [0.25, 0.3) is 0 Å². The number of nitrogens with zero attached hydrogens (tertiary/aromatic N) is 2. The third-order valence-corrected chi connectivity index (χ3v) is 2.42. The molecule has 1 heterocycles. The maximum atomic E-state index is 10.6. The lowest BCUT2D eigenvalue weighted by atomic mass is 10.4. The second-order valence-electron chi connectivity index (χ2n) is 2.82. The van der Waals surface area contributed by atoms with Crippen molar-refractivity contribution in [3.8, 4) is 0 Å². The summed E-state index contributed by atoms with van der Waals surface area (Å²) >= 11 is 0. The summed E-state index contributed by atoms with van der Waals surface area (Å²) in [4.78, 5) is 4.35. The molecule has 1 fully saturated rings. The first-order valence-electron chi connectivity index (χ1n) is 3.63. The zero-order valence-electron chi connectivity index (χ0n) is 6.83. The number of likely N-dealkylation sites (N-methyl/N-ethyl adjacent to an activating group) is 1. The number of piperazine rings is 1. The van der Waals surface area contributed by atoms with Crippen LogP contribution in [-0.4, -0.2) is 51.6 Å². The van der Waals surface area contributed by atoms with E-state index in [0.29, 0.717) is 13.1 Å². The molecule has 0 aromatic rings. The highest BCUT2D eigenvalue weighted by atomic mass is 35.7. The molecule has 72 valence electrons. The summed E-state index contributed by atoms with van der Waals surface area (Å²) in [6.07, 6.45) is 0. The van der Waals surface area contributed by atoms with Gasteiger partial charge >= 0.3 is 9.24 Å². The molecule has 0 aromatic carbocycles. The van der Waals surface area contributed by atoms with E-state index in [0.717, 1.165) is 13.1 Å². The Hall–Kier alpha value is 0.120. The van der Waals surface area contributed by atoms with Gasteiger partial charge < -0.3 is 4.90 Å². The normalized spacial score (nSPS) is 22.8. The Morgan fingerprint density at radius 2 is 1.75 bits per heavy atom. The molecule has 0 atom stereocenters. The van der Waals surface area contributed by atoms with Crippen LogP contribution >= 0.6 is 10.7 Å². The van der Waals surface area contributed by atoms with Crippen LogP contribution in [0.5, 0.6) is 0 Å². The summed E-state index contributed by atoms with van der Waals surface area (Å²) in [7, 11) is 3.39. The van der Waals surface area contributed by atoms with Crippen LogP contribution < -0.4 is 4.83 Å². The Bertz CT molecular complexity index is 235. The molecule has 0 saturated carbocycles. The Balaban J connectivity index is 2.36. The second-order valence-corrected chi connectivity index (χ2v) is 5.10. The van der Waals surface area contributed by atoms with E-state index in [1.165, 1.54) is 0 Å². The summed E-state index contributed by atoms with van der Waals surface area (Å²) in [5, 5.41) is 1.60. The Labute approximate surface area is 76.8 Å². The Morgan fingerprint density at radius 3 is 2.17 bits per heavy atom. The van der Waals surface area contributed by atoms with Gasteiger partial charge in [-0.15, -0.1) is 4.83 Å². The van der Waals surface area contributed by atoms with Gasteiger partial charge in [0, 0.05) is 36.9 Å². The van der Waals surface area contributed by atoms with E-state index in [1.54, 1.807) is 5.01 Å². The van der Waals surface area contributed by atoms with E-state index < -0.39 is 9.24 Å². The number of halogens is 1. The third kappa shape index (κ3) is 3.68. The molecule has 0 unspecified atom stereocenters. The maximum Gasteiger partial charge on any atom is 0.310 e. The fourth-order valence-electron chi connectivity index (χ4n) is 1.05. The zero-order valence-corrected chi connectivity index (χ0v) is 8.40. The maximum absolute atomic E-state index is 10.6. The van der Waals surface area contributed by atoms with E-state index in [2.05, 4.69) is 9.73 Å². The minimum Gasteiger partial charge on any atom is -0.304 e. The van der Waals surface area contributed by atoms with Gasteiger partial charge in [0.25, 0.3) is 0 Å². The van der Waals surface area contributed by atoms with Crippen LogP contribution in [-0.2, 0) is 9.24 Å². The monoisotopic (exact) mass is 213 g/mol. The first-order valence-corrected chi connectivity index (χ1v) is 5.94. The van der Waals surface area contributed by atoms with Gasteiger partial charge in [-0.3, -0.25) is 0 Å². The van der Waals surface area contributed by atoms with Crippen LogP contribution in [0.3, 0.4) is 0 Å². The van der Waals surface area contributed by atoms with E-state index in [1.807, 2.05) is 7.05 Å². The fraction of sp³-hybridized carbons (Fsp3) is 1.00. The van der Waals surface area contributed by atoms with Crippen molar-refractivity contribution in [1.82, 2.24) is 14.7 Å². The lowest BCUT2D eigenvalue weighted by molar-refractivity contribution is 0.135. The molecule has 0 radical (unpaired) electrons. The first kappa shape index (κ1) is 10.2. The second kappa shape index (κ2) is 3.89. The molecule has 1 rings (SSSR count). The predicted octanol–water partition coefficient (Wildman–Crippen LogP) is -0.778. The van der Waals surface area contributed by atoms with Crippen molar-refractivity contribution < 1.29 is 8.42 Å². The zero-order chi connectivity index (χ0) is 9.19. The smallest absolute Gasteiger partial charge is 0.304 e. The van der Waals surface area contributed by atoms with Gasteiger partial charge in [0.1, 0.15) is 0 Å². The lowest BCUT2D eigenvalue weighted by Crippen LogP contribution is -2.51. The molecule has 12 heavy (non-hydrogen) atoms. The average Bonchev–Trinajstić information content (AvgIpc) is 1.91. The molecular weight excluding hydrogens is 202 g/mol. The molecule has 0 spiro atoms. The van der Waals surface area contributed by atoms with E-state index in [-0.39, 0.29) is 0 Å². The predicted molar refractivity (Wildman–Crippen MR) is 47.0 cm³/mol. The molecule has 0 aromatic heterocycles. The van der Waals surface area contributed by atoms with Gasteiger partial charge in [0.2, 0.25) is 0 Å². The number of rotatable bonds is 2. The Kier molecular flexibility index (Phi) is 3.30. The molecular formula is C5H12ClN3O2S. The van der Waals surface area contributed by atoms with Crippen molar-refractivity contribution >= 4 is 19.9 Å². The van der Waals surface area contributed by atoms with Gasteiger partial charge in [-0.2, -0.15) is 8.42 Å². The number of hydrogen-bond donors (Lipinski definition) is 1. The van der Waals surface area contributed by atoms with E-state index in [9.17, 15) is 8.42 Å². The van der Waals surface area contributed by atoms with Gasteiger partial charge in [0.05, 0.1) is 0 Å². The first-order chi connectivity index (χ1) is 5.47. The minimum absolute atomic E-state index is 0.669. The van der Waals surface area contributed by atoms with Crippen LogP contribution in [0, 0.1) is 0 Å². The van der Waals surface area contributed by atoms with Gasteiger partial charge in [-0.05, 0) is 7.05 Å². The number of hydrogen-bond acceptors (Lipinski definition) is 4. The van der Waals surface area contributed by atoms with Crippen LogP contribution in [0.2, 0.25) is 0 Å². The fourth-order valence-corrected chi connectivity index (χ4v) is 1.84. The summed E-state index contributed by atoms with van der Waals surface area (Å²) in [5.41, 5.74) is 0. The van der Waals surface area contributed by atoms with Gasteiger partial charge in [-0.25, -0.2) is 5.01 Å². The standard InChI is InChI=1S/C5H12ClN3O2S/c1-8-2-4-9(5-3-8)7-12(6,10)11/h7H,2-5H2,1H3. The van der Waals surface area contributed by atoms with E-state index >= 15 is 0 Å². The summed E-state index contributed by atoms with van der Waals surface area (Å²) < 4.78 is 21.2. The molecule has 1 saturated heterocycles. The largest absolute Gasteiger partial charge is 0.310 e. The van der Waals surface area contributed by atoms with Crippen molar-refractivity contribution in [2.75, 3.05) is 33.2 Å². The molecule has 0 aliphatic carbocycles. The number of nitrogens with one attached hydrogen (secondary N) is 1. The van der Waals surface area contributed by atoms with Crippen LogP contribution in [0.15, 0.2) is 0 Å². The molecule has 1 aliphatic rings. The lowest BCUT2D eigenvalue weighted by Gasteiger charge is -2.31. The quantitative estimate of drug-likeness (QED) is 0.612. The van der Waals surface area contributed by atoms with Crippen molar-refractivity contribution in [2.24, 2.45) is 0 Å². The molecule has 5 nitrogen and oxygen atoms in total. The Morgan fingerprint density at radius 1 is 1.25 bits per heavy atom. The third-order valence-electron chi connectivity index (χ3n) is 1.74. The van der Waals surface area contributed by atoms with Crippen LogP contribution in [0.4, 0.5) is 0 Å². The molecule has 7 heteroatoms. The molecule has 1 aliphatic heterocycles. The topological polar surface area (TPSA) is 52.6 Å².